The van der Waals surface area contributed by atoms with Gasteiger partial charge in [-0.05, 0) is 111 Å². The highest BCUT2D eigenvalue weighted by Gasteiger charge is 2.27. The van der Waals surface area contributed by atoms with E-state index in [1.165, 1.54) is 0 Å². The summed E-state index contributed by atoms with van der Waals surface area (Å²) in [7, 11) is -6.44. The number of nitrogens with one attached hydrogen (secondary N) is 1. The summed E-state index contributed by atoms with van der Waals surface area (Å²) in [5.74, 6) is 1.29. The Morgan fingerprint density at radius 3 is 1.59 bits per heavy atom. The smallest absolute Gasteiger partial charge is 0.361 e. The summed E-state index contributed by atoms with van der Waals surface area (Å²) in [4.78, 5) is 26.0. The average Bonchev–Trinajstić information content (AvgIpc) is 3.79. The first-order chi connectivity index (χ1) is 27.1. The van der Waals surface area contributed by atoms with Gasteiger partial charge in [-0.25, -0.2) is 29.9 Å². The molecular formula is C38H54ClIN10O6P2. The maximum atomic E-state index is 12.9. The molecule has 0 atom stereocenters. The molecule has 3 N–H and O–H groups in total. The van der Waals surface area contributed by atoms with Gasteiger partial charge < -0.3 is 38.3 Å². The molecule has 4 aromatic heterocycles. The minimum absolute atomic E-state index is 0. The maximum Gasteiger partial charge on any atom is 0.361 e. The van der Waals surface area contributed by atoms with Crippen LogP contribution in [0.2, 0.25) is 5.15 Å². The van der Waals surface area contributed by atoms with Crippen LogP contribution in [0.4, 0.5) is 17.2 Å². The van der Waals surface area contributed by atoms with Crippen molar-refractivity contribution in [2.75, 3.05) is 37.5 Å². The standard InChI is InChI=1S/C19H26N5O3P.C10H16NO3P.C8H8ClIN4.CH4/c1-6-26-28(25,27-7-2)16-10-8-15(9-11-16)23-18-17-19(22-14(5)21-18)24(12-20-17)13(3)4;1-3-13-15(12,14-4-2)10-7-5-9(11)6-8-10;1-4(2)14-3-11-5-6(9)12-8(10)13-7(5)14;/h8-13H,6-7H2,1-5H3,(H,21,22,23);5-8H,3-4,11H2,1-2H3;3-4H,1-2H3;1H4. The van der Waals surface area contributed by atoms with Gasteiger partial charge in [0.1, 0.15) is 11.3 Å². The van der Waals surface area contributed by atoms with Crippen LogP contribution < -0.4 is 21.7 Å². The third-order valence-electron chi connectivity index (χ3n) is 7.85. The maximum absolute atomic E-state index is 12.9. The van der Waals surface area contributed by atoms with E-state index in [9.17, 15) is 9.13 Å². The second kappa shape index (κ2) is 22.2. The van der Waals surface area contributed by atoms with Gasteiger partial charge in [-0.1, -0.05) is 19.0 Å². The van der Waals surface area contributed by atoms with E-state index in [1.807, 2.05) is 50.8 Å². The summed E-state index contributed by atoms with van der Waals surface area (Å²) in [6.45, 7) is 18.6. The molecule has 0 saturated heterocycles. The molecule has 0 fully saturated rings. The van der Waals surface area contributed by atoms with E-state index in [0.29, 0.717) is 80.4 Å². The van der Waals surface area contributed by atoms with E-state index in [-0.39, 0.29) is 13.5 Å². The van der Waals surface area contributed by atoms with Crippen molar-refractivity contribution < 1.29 is 27.2 Å². The Morgan fingerprint density at radius 1 is 0.707 bits per heavy atom. The van der Waals surface area contributed by atoms with Gasteiger partial charge in [0.25, 0.3) is 0 Å². The third-order valence-corrected chi connectivity index (χ3v) is 12.8. The van der Waals surface area contributed by atoms with Crippen molar-refractivity contribution in [3.8, 4) is 0 Å². The lowest BCUT2D eigenvalue weighted by Crippen LogP contribution is -2.10. The number of hydrogen-bond acceptors (Lipinski definition) is 14. The number of aromatic nitrogens is 8. The molecule has 58 heavy (non-hydrogen) atoms. The molecule has 4 heterocycles. The fraction of sp³-hybridized carbons (Fsp3) is 0.421. The monoisotopic (exact) mass is 970 g/mol. The number of halogens is 2. The van der Waals surface area contributed by atoms with Crippen LogP contribution in [0, 0.1) is 10.8 Å². The lowest BCUT2D eigenvalue weighted by molar-refractivity contribution is 0.229. The normalized spacial score (nSPS) is 11.6. The molecule has 6 aromatic rings. The minimum atomic E-state index is -3.30. The van der Waals surface area contributed by atoms with Gasteiger partial charge in [-0.2, -0.15) is 0 Å². The number of hydrogen-bond donors (Lipinski definition) is 2. The number of imidazole rings is 2. The third kappa shape index (κ3) is 12.3. The molecule has 0 bridgehead atoms. The summed E-state index contributed by atoms with van der Waals surface area (Å²) in [6, 6.07) is 14.4. The number of nitrogens with two attached hydrogens (primary N) is 1. The van der Waals surface area contributed by atoms with E-state index in [2.05, 4.69) is 62.9 Å². The molecule has 2 aromatic carbocycles. The molecule has 0 radical (unpaired) electrons. The minimum Gasteiger partial charge on any atom is -0.399 e. The second-order valence-corrected chi connectivity index (χ2v) is 18.0. The fourth-order valence-corrected chi connectivity index (χ4v) is 9.26. The van der Waals surface area contributed by atoms with Crippen LogP contribution in [0.3, 0.4) is 0 Å². The number of nitrogen functional groups attached to an aromatic ring is 1. The topological polar surface area (TPSA) is 196 Å². The predicted octanol–water partition coefficient (Wildman–Crippen LogP) is 9.81. The molecule has 16 nitrogen and oxygen atoms in total. The first-order valence-electron chi connectivity index (χ1n) is 18.4. The Balaban J connectivity index is 0.000000253. The Labute approximate surface area is 359 Å². The van der Waals surface area contributed by atoms with Gasteiger partial charge in [0.2, 0.25) is 0 Å². The molecule has 0 saturated carbocycles. The number of anilines is 3. The van der Waals surface area contributed by atoms with Crippen molar-refractivity contribution in [2.45, 2.75) is 81.8 Å². The molecule has 316 valence electrons. The van der Waals surface area contributed by atoms with Gasteiger partial charge in [0.05, 0.1) is 49.7 Å². The SMILES string of the molecule is C.CC(C)n1cnc2c(Cl)nc(I)nc21.CCOP(=O)(OCC)c1ccc(N)cc1.CCOP(=O)(OCC)c1ccc(Nc2nc(C)nc3c2ncn3C(C)C)cc1. The molecule has 0 aliphatic rings. The Hall–Kier alpha value is -3.54. The van der Waals surface area contributed by atoms with Gasteiger partial charge in [0.15, 0.2) is 31.6 Å². The largest absolute Gasteiger partial charge is 0.399 e. The predicted molar refractivity (Wildman–Crippen MR) is 242 cm³/mol. The van der Waals surface area contributed by atoms with Crippen molar-refractivity contribution in [1.82, 2.24) is 39.0 Å². The number of rotatable bonds is 14. The molecule has 0 spiro atoms. The molecular weight excluding hydrogens is 917 g/mol. The molecule has 0 aliphatic carbocycles. The van der Waals surface area contributed by atoms with Gasteiger partial charge in [0, 0.05) is 46.0 Å². The second-order valence-electron chi connectivity index (χ2n) is 12.7. The molecule has 0 aliphatic heterocycles. The summed E-state index contributed by atoms with van der Waals surface area (Å²) in [6.07, 6.45) is 3.52. The van der Waals surface area contributed by atoms with Crippen molar-refractivity contribution >= 4 is 99.5 Å². The zero-order valence-corrected chi connectivity index (χ0v) is 38.2. The van der Waals surface area contributed by atoms with Crippen LogP contribution in [-0.2, 0) is 27.2 Å². The zero-order valence-electron chi connectivity index (χ0n) is 33.5. The summed E-state index contributed by atoms with van der Waals surface area (Å²) in [5.41, 5.74) is 9.92. The molecule has 6 rings (SSSR count). The number of fused-ring (bicyclic) bond motifs is 2. The first-order valence-corrected chi connectivity index (χ1v) is 22.9. The highest BCUT2D eigenvalue weighted by Crippen LogP contribution is 2.47. The van der Waals surface area contributed by atoms with Crippen LogP contribution in [0.15, 0.2) is 61.2 Å². The number of nitrogens with zero attached hydrogens (tertiary/aromatic N) is 8. The summed E-state index contributed by atoms with van der Waals surface area (Å²) < 4.78 is 50.9. The lowest BCUT2D eigenvalue weighted by atomic mass is 10.3. The Morgan fingerprint density at radius 2 is 1.14 bits per heavy atom. The van der Waals surface area contributed by atoms with Gasteiger partial charge in [-0.15, -0.1) is 0 Å². The highest BCUT2D eigenvalue weighted by atomic mass is 127. The lowest BCUT2D eigenvalue weighted by Gasteiger charge is -2.17. The van der Waals surface area contributed by atoms with Crippen molar-refractivity contribution in [3.05, 3.63) is 76.0 Å². The molecule has 20 heteroatoms. The molecule has 0 unspecified atom stereocenters. The Kier molecular flexibility index (Phi) is 18.7. The van der Waals surface area contributed by atoms with Crippen LogP contribution >= 0.6 is 49.4 Å². The van der Waals surface area contributed by atoms with Gasteiger partial charge >= 0.3 is 15.2 Å². The average molecular weight is 971 g/mol. The summed E-state index contributed by atoms with van der Waals surface area (Å²) >= 11 is 7.99. The number of benzene rings is 2. The van der Waals surface area contributed by atoms with E-state index in [1.54, 1.807) is 76.7 Å². The van der Waals surface area contributed by atoms with E-state index < -0.39 is 15.2 Å². The van der Waals surface area contributed by atoms with E-state index in [0.717, 1.165) is 17.0 Å². The van der Waals surface area contributed by atoms with Crippen LogP contribution in [0.25, 0.3) is 22.3 Å². The van der Waals surface area contributed by atoms with Crippen LogP contribution in [0.1, 0.15) is 80.7 Å². The van der Waals surface area contributed by atoms with Crippen LogP contribution in [-0.4, -0.2) is 65.5 Å². The first kappa shape index (κ1) is 48.8. The Bertz CT molecular complexity index is 2310. The fourth-order valence-electron chi connectivity index (χ4n) is 5.30. The van der Waals surface area contributed by atoms with Gasteiger partial charge in [-0.3, -0.25) is 9.13 Å². The van der Waals surface area contributed by atoms with Crippen LogP contribution in [0.5, 0.6) is 0 Å². The number of aryl methyl sites for hydroxylation is 1. The summed E-state index contributed by atoms with van der Waals surface area (Å²) in [5, 5.41) is 4.76. The van der Waals surface area contributed by atoms with Crippen molar-refractivity contribution in [1.29, 1.82) is 0 Å². The van der Waals surface area contributed by atoms with E-state index in [4.69, 9.17) is 35.4 Å². The van der Waals surface area contributed by atoms with Crippen molar-refractivity contribution in [2.24, 2.45) is 0 Å². The zero-order chi connectivity index (χ0) is 41.9. The molecule has 0 amide bonds. The van der Waals surface area contributed by atoms with E-state index >= 15 is 0 Å². The van der Waals surface area contributed by atoms with Crippen molar-refractivity contribution in [3.63, 3.8) is 0 Å². The quantitative estimate of drug-likeness (QED) is 0.0344. The highest BCUT2D eigenvalue weighted by molar-refractivity contribution is 14.1.